The third-order valence-corrected chi connectivity index (χ3v) is 8.90. The molecule has 0 fully saturated rings. The summed E-state index contributed by atoms with van der Waals surface area (Å²) in [5.74, 6) is -1.89. The molecule has 0 bridgehead atoms. The standard InChI is InChI=1S/C35H28ClFN4O3S2/c1-21-11-13-23(14-12-21)32-22(2)46-35(41-32)40-31(42)20-45-26-17-15-25(16-18-26)38-34(44)30(19-27-28(36)9-6-10-29(27)37)39-33(43)24-7-4-3-5-8-24/h3-19H,20H2,1-2H3,(H,38,44)(H,39,43)(H,40,41,42)/b30-19-. The summed E-state index contributed by atoms with van der Waals surface area (Å²) in [6.45, 7) is 4.00. The number of thiazole rings is 1. The number of thioether (sulfide) groups is 1. The van der Waals surface area contributed by atoms with Gasteiger partial charge in [-0.3, -0.25) is 14.4 Å². The Kier molecular flexibility index (Phi) is 10.6. The number of amides is 3. The molecule has 3 amide bonds. The van der Waals surface area contributed by atoms with E-state index in [9.17, 15) is 18.8 Å². The van der Waals surface area contributed by atoms with Crippen LogP contribution in [0.25, 0.3) is 17.3 Å². The van der Waals surface area contributed by atoms with Crippen LogP contribution in [0.3, 0.4) is 0 Å². The summed E-state index contributed by atoms with van der Waals surface area (Å²) in [5.41, 5.74) is 3.53. The maximum atomic E-state index is 14.6. The minimum Gasteiger partial charge on any atom is -0.321 e. The average molecular weight is 671 g/mol. The summed E-state index contributed by atoms with van der Waals surface area (Å²) >= 11 is 8.94. The SMILES string of the molecule is Cc1ccc(-c2nc(NC(=O)CSc3ccc(NC(=O)/C(=C/c4c(F)cccc4Cl)NC(=O)c4ccccc4)cc3)sc2C)cc1. The zero-order chi connectivity index (χ0) is 32.6. The van der Waals surface area contributed by atoms with Crippen LogP contribution >= 0.6 is 34.7 Å². The van der Waals surface area contributed by atoms with E-state index in [1.54, 1.807) is 54.6 Å². The Hall–Kier alpha value is -4.77. The largest absolute Gasteiger partial charge is 0.321 e. The van der Waals surface area contributed by atoms with E-state index in [0.29, 0.717) is 16.4 Å². The number of hydrogen-bond acceptors (Lipinski definition) is 6. The molecule has 5 aromatic rings. The summed E-state index contributed by atoms with van der Waals surface area (Å²) in [6.07, 6.45) is 1.20. The van der Waals surface area contributed by atoms with Gasteiger partial charge in [0.2, 0.25) is 5.91 Å². The number of halogens is 2. The van der Waals surface area contributed by atoms with Crippen molar-refractivity contribution in [3.63, 3.8) is 0 Å². The number of hydrogen-bond donors (Lipinski definition) is 3. The molecular formula is C35H28ClFN4O3S2. The van der Waals surface area contributed by atoms with Crippen LogP contribution in [0.5, 0.6) is 0 Å². The predicted octanol–water partition coefficient (Wildman–Crippen LogP) is 8.36. The van der Waals surface area contributed by atoms with Gasteiger partial charge in [-0.2, -0.15) is 0 Å². The first kappa shape index (κ1) is 32.6. The van der Waals surface area contributed by atoms with Crippen LogP contribution in [0.4, 0.5) is 15.2 Å². The Morgan fingerprint density at radius 2 is 1.61 bits per heavy atom. The van der Waals surface area contributed by atoms with Gasteiger partial charge in [0.15, 0.2) is 5.13 Å². The van der Waals surface area contributed by atoms with E-state index in [0.717, 1.165) is 26.6 Å². The van der Waals surface area contributed by atoms with E-state index in [2.05, 4.69) is 20.9 Å². The van der Waals surface area contributed by atoms with Gasteiger partial charge >= 0.3 is 0 Å². The fraction of sp³-hybridized carbons (Fsp3) is 0.0857. The van der Waals surface area contributed by atoms with Gasteiger partial charge in [-0.1, -0.05) is 65.7 Å². The molecule has 0 aliphatic rings. The third-order valence-electron chi connectivity index (χ3n) is 6.67. The lowest BCUT2D eigenvalue weighted by molar-refractivity contribution is -0.114. The van der Waals surface area contributed by atoms with E-state index < -0.39 is 17.6 Å². The monoisotopic (exact) mass is 670 g/mol. The lowest BCUT2D eigenvalue weighted by Crippen LogP contribution is -2.30. The van der Waals surface area contributed by atoms with Crippen molar-refractivity contribution >= 4 is 69.3 Å². The lowest BCUT2D eigenvalue weighted by atomic mass is 10.1. The summed E-state index contributed by atoms with van der Waals surface area (Å²) in [7, 11) is 0. The number of aryl methyl sites for hydroxylation is 2. The highest BCUT2D eigenvalue weighted by atomic mass is 35.5. The van der Waals surface area contributed by atoms with Gasteiger partial charge < -0.3 is 16.0 Å². The smallest absolute Gasteiger partial charge is 0.272 e. The second-order valence-electron chi connectivity index (χ2n) is 10.1. The topological polar surface area (TPSA) is 100 Å². The van der Waals surface area contributed by atoms with Crippen LogP contribution in [0.1, 0.15) is 26.4 Å². The molecule has 1 aromatic heterocycles. The molecule has 0 aliphatic carbocycles. The van der Waals surface area contributed by atoms with E-state index in [1.807, 2.05) is 38.1 Å². The molecule has 0 saturated carbocycles. The van der Waals surface area contributed by atoms with Crippen LogP contribution in [0.15, 0.2) is 108 Å². The van der Waals surface area contributed by atoms with Gasteiger partial charge in [0.05, 0.1) is 16.5 Å². The molecule has 3 N–H and O–H groups in total. The first-order chi connectivity index (χ1) is 22.2. The quantitative estimate of drug-likeness (QED) is 0.102. The van der Waals surface area contributed by atoms with Crippen LogP contribution in [-0.4, -0.2) is 28.5 Å². The number of carbonyl (C=O) groups excluding carboxylic acids is 3. The number of carbonyl (C=O) groups is 3. The third kappa shape index (κ3) is 8.48. The van der Waals surface area contributed by atoms with Crippen molar-refractivity contribution in [2.75, 3.05) is 16.4 Å². The predicted molar refractivity (Wildman–Crippen MR) is 185 cm³/mol. The van der Waals surface area contributed by atoms with Gasteiger partial charge in [0.25, 0.3) is 11.8 Å². The van der Waals surface area contributed by atoms with E-state index >= 15 is 0 Å². The number of aromatic nitrogens is 1. The molecule has 11 heteroatoms. The van der Waals surface area contributed by atoms with Crippen molar-refractivity contribution in [3.8, 4) is 11.3 Å². The van der Waals surface area contributed by atoms with Crippen molar-refractivity contribution in [2.45, 2.75) is 18.7 Å². The van der Waals surface area contributed by atoms with Crippen LogP contribution in [0.2, 0.25) is 5.02 Å². The lowest BCUT2D eigenvalue weighted by Gasteiger charge is -2.12. The maximum Gasteiger partial charge on any atom is 0.272 e. The Bertz CT molecular complexity index is 1890. The fourth-order valence-corrected chi connectivity index (χ4v) is 6.07. The minimum absolute atomic E-state index is 0.0352. The summed E-state index contributed by atoms with van der Waals surface area (Å²) in [6, 6.07) is 27.4. The summed E-state index contributed by atoms with van der Waals surface area (Å²) in [5, 5.41) is 8.79. The maximum absolute atomic E-state index is 14.6. The molecule has 0 radical (unpaired) electrons. The molecule has 7 nitrogen and oxygen atoms in total. The van der Waals surface area contributed by atoms with Crippen LogP contribution < -0.4 is 16.0 Å². The molecule has 0 spiro atoms. The number of nitrogens with one attached hydrogen (secondary N) is 3. The van der Waals surface area contributed by atoms with E-state index in [1.165, 1.54) is 47.4 Å². The Morgan fingerprint density at radius 1 is 0.891 bits per heavy atom. The summed E-state index contributed by atoms with van der Waals surface area (Å²) in [4.78, 5) is 45.2. The highest BCUT2D eigenvalue weighted by molar-refractivity contribution is 8.00. The number of anilines is 2. The van der Waals surface area contributed by atoms with Crippen molar-refractivity contribution in [1.82, 2.24) is 10.3 Å². The van der Waals surface area contributed by atoms with Crippen molar-refractivity contribution in [1.29, 1.82) is 0 Å². The zero-order valence-electron chi connectivity index (χ0n) is 24.8. The Balaban J connectivity index is 1.21. The highest BCUT2D eigenvalue weighted by Gasteiger charge is 2.18. The van der Waals surface area contributed by atoms with Gasteiger partial charge in [-0.15, -0.1) is 23.1 Å². The molecule has 1 heterocycles. The first-order valence-corrected chi connectivity index (χ1v) is 16.2. The molecule has 46 heavy (non-hydrogen) atoms. The average Bonchev–Trinajstić information content (AvgIpc) is 3.41. The summed E-state index contributed by atoms with van der Waals surface area (Å²) < 4.78 is 14.6. The second-order valence-corrected chi connectivity index (χ2v) is 12.8. The number of benzene rings is 4. The first-order valence-electron chi connectivity index (χ1n) is 14.1. The number of nitrogens with zero attached hydrogens (tertiary/aromatic N) is 1. The molecular weight excluding hydrogens is 643 g/mol. The number of rotatable bonds is 10. The van der Waals surface area contributed by atoms with E-state index in [-0.39, 0.29) is 27.9 Å². The van der Waals surface area contributed by atoms with Crippen molar-refractivity contribution in [2.24, 2.45) is 0 Å². The van der Waals surface area contributed by atoms with Gasteiger partial charge in [0.1, 0.15) is 11.5 Å². The van der Waals surface area contributed by atoms with Gasteiger partial charge in [-0.05, 0) is 68.5 Å². The molecule has 0 saturated heterocycles. The molecule has 0 unspecified atom stereocenters. The molecule has 0 aliphatic heterocycles. The normalized spacial score (nSPS) is 11.2. The van der Waals surface area contributed by atoms with Crippen molar-refractivity contribution < 1.29 is 18.8 Å². The molecule has 232 valence electrons. The minimum atomic E-state index is -0.674. The van der Waals surface area contributed by atoms with Gasteiger partial charge in [0, 0.05) is 32.2 Å². The van der Waals surface area contributed by atoms with Crippen LogP contribution in [-0.2, 0) is 9.59 Å². The fourth-order valence-electron chi connectivity index (χ4n) is 4.30. The molecule has 4 aromatic carbocycles. The molecule has 5 rings (SSSR count). The zero-order valence-corrected chi connectivity index (χ0v) is 27.2. The Labute approximate surface area is 278 Å². The second kappa shape index (κ2) is 15.0. The van der Waals surface area contributed by atoms with Crippen molar-refractivity contribution in [3.05, 3.63) is 135 Å². The van der Waals surface area contributed by atoms with E-state index in [4.69, 9.17) is 11.6 Å². The molecule has 0 atom stereocenters. The van der Waals surface area contributed by atoms with Gasteiger partial charge in [-0.25, -0.2) is 9.37 Å². The highest BCUT2D eigenvalue weighted by Crippen LogP contribution is 2.31. The Morgan fingerprint density at radius 3 is 2.30 bits per heavy atom. The van der Waals surface area contributed by atoms with Crippen LogP contribution in [0, 0.1) is 19.7 Å².